The molecule has 2 aromatic heterocycles. The molecule has 2 aromatic carbocycles. The van der Waals surface area contributed by atoms with E-state index in [4.69, 9.17) is 25.6 Å². The molecule has 17 nitrogen and oxygen atoms in total. The largest absolute Gasteiger partial charge is 0.458 e. The Labute approximate surface area is 298 Å². The number of nitriles is 2. The topological polar surface area (TPSA) is 229 Å². The molecule has 51 heavy (non-hydrogen) atoms. The van der Waals surface area contributed by atoms with Gasteiger partial charge in [0.15, 0.2) is 17.2 Å². The number of benzene rings is 2. The van der Waals surface area contributed by atoms with Crippen molar-refractivity contribution >= 4 is 68.7 Å². The van der Waals surface area contributed by atoms with Gasteiger partial charge in [0, 0.05) is 12.6 Å². The second-order valence-corrected chi connectivity index (χ2v) is 15.4. The molecule has 0 spiro atoms. The summed E-state index contributed by atoms with van der Waals surface area (Å²) < 4.78 is 28.5. The van der Waals surface area contributed by atoms with Crippen molar-refractivity contribution in [1.29, 1.82) is 10.5 Å². The molecule has 1 amide bonds. The lowest BCUT2D eigenvalue weighted by Crippen LogP contribution is -2.56. The van der Waals surface area contributed by atoms with Gasteiger partial charge in [-0.1, -0.05) is 23.7 Å². The lowest BCUT2D eigenvalue weighted by Gasteiger charge is -2.39. The first-order valence-electron chi connectivity index (χ1n) is 15.5. The molecule has 1 aliphatic heterocycles. The van der Waals surface area contributed by atoms with Gasteiger partial charge in [-0.15, -0.1) is 5.10 Å². The van der Waals surface area contributed by atoms with Crippen LogP contribution in [0.15, 0.2) is 42.6 Å². The van der Waals surface area contributed by atoms with Gasteiger partial charge in [0.25, 0.3) is 0 Å². The molecule has 1 saturated carbocycles. The van der Waals surface area contributed by atoms with Gasteiger partial charge in [-0.05, 0) is 58.0 Å². The molecule has 2 unspecified atom stereocenters. The van der Waals surface area contributed by atoms with Gasteiger partial charge >= 0.3 is 19.3 Å². The maximum atomic E-state index is 13.2. The number of alkyl carbamates (subject to hydrolysis) is 1. The van der Waals surface area contributed by atoms with Crippen LogP contribution in [0.25, 0.3) is 5.65 Å². The number of aromatic nitrogens is 4. The van der Waals surface area contributed by atoms with Crippen molar-refractivity contribution in [2.75, 3.05) is 35.7 Å². The number of methoxy groups -OCH3 is 1. The number of nitrogens with zero attached hydrogens (tertiary/aromatic N) is 7. The molecule has 4 aromatic rings. The summed E-state index contributed by atoms with van der Waals surface area (Å²) in [7, 11) is -0.872. The van der Waals surface area contributed by atoms with E-state index >= 15 is 0 Å². The van der Waals surface area contributed by atoms with Gasteiger partial charge in [0.05, 0.1) is 60.3 Å². The Balaban J connectivity index is 1.24. The first-order valence-corrected chi connectivity index (χ1v) is 19.1. The standard InChI is InChI=1S/C31H31ClN10O7P2/c1-47-31(44)38-22-8-9-41(16-25(22)48-26(43)12-17-2-6-21(7-3-17)49-51(45,46)50)24-11-18(13-33)10-23(27(24)32)37-30-39-28(36-19-4-5-19)29-35-15-20(14-34)42(29)40-30/h2-3,6-7,10-11,15,19,22,25H,4-5,8-9,12,16,50H2,1H3,(H,38,44)(H,45,46)(H2,36,37,39,40)/t22-,25-/m0/s1. The number of hydrogen-bond donors (Lipinski definition) is 4. The first kappa shape index (κ1) is 35.6. The molecule has 0 radical (unpaired) electrons. The van der Waals surface area contributed by atoms with Crippen LogP contribution in [-0.2, 0) is 25.3 Å². The van der Waals surface area contributed by atoms with Crippen LogP contribution in [-0.4, -0.2) is 74.9 Å². The Morgan fingerprint density at radius 1 is 1.18 bits per heavy atom. The van der Waals surface area contributed by atoms with E-state index in [0.29, 0.717) is 41.4 Å². The van der Waals surface area contributed by atoms with E-state index in [2.05, 4.69) is 43.2 Å². The number of piperidine rings is 1. The van der Waals surface area contributed by atoms with Gasteiger partial charge in [0.1, 0.15) is 17.9 Å². The lowest BCUT2D eigenvalue weighted by atomic mass is 10.00. The lowest BCUT2D eigenvalue weighted by molar-refractivity contribution is -0.149. The third-order valence-electron chi connectivity index (χ3n) is 8.00. The van der Waals surface area contributed by atoms with Crippen LogP contribution in [0.1, 0.15) is 36.1 Å². The quantitative estimate of drug-likeness (QED) is 0.124. The highest BCUT2D eigenvalue weighted by Gasteiger charge is 2.35. The fourth-order valence-electron chi connectivity index (χ4n) is 5.47. The number of carbonyl (C=O) groups is 2. The number of amides is 1. The predicted molar refractivity (Wildman–Crippen MR) is 188 cm³/mol. The van der Waals surface area contributed by atoms with E-state index in [1.165, 1.54) is 30.0 Å². The van der Waals surface area contributed by atoms with E-state index in [0.717, 1.165) is 12.8 Å². The van der Waals surface area contributed by atoms with E-state index in [1.54, 1.807) is 33.2 Å². The first-order chi connectivity index (χ1) is 24.4. The van der Waals surface area contributed by atoms with Crippen molar-refractivity contribution in [2.24, 2.45) is 0 Å². The summed E-state index contributed by atoms with van der Waals surface area (Å²) in [5.41, 5.74) is 2.20. The predicted octanol–water partition coefficient (Wildman–Crippen LogP) is 4.28. The number of hydrogen-bond acceptors (Lipinski definition) is 14. The maximum absolute atomic E-state index is 13.2. The average molecular weight is 753 g/mol. The van der Waals surface area contributed by atoms with Crippen LogP contribution < -0.4 is 25.4 Å². The van der Waals surface area contributed by atoms with Gasteiger partial charge < -0.3 is 39.7 Å². The van der Waals surface area contributed by atoms with Crippen LogP contribution in [0.4, 0.5) is 27.9 Å². The molecule has 2 fully saturated rings. The highest BCUT2D eigenvalue weighted by Crippen LogP contribution is 2.50. The van der Waals surface area contributed by atoms with Crippen LogP contribution in [0.5, 0.6) is 5.75 Å². The van der Waals surface area contributed by atoms with Crippen molar-refractivity contribution in [3.8, 4) is 17.9 Å². The zero-order valence-corrected chi connectivity index (χ0v) is 29.8. The minimum Gasteiger partial charge on any atom is -0.458 e. The molecule has 4 atom stereocenters. The number of nitrogens with one attached hydrogen (secondary N) is 3. The SMILES string of the molecule is COC(=O)N[C@H]1CCN(c2cc(C#N)cc(Nc3nc(NC4CC4)c4ncc(C#N)n4n3)c2Cl)C[C@@H]1OC(=O)Cc1ccc(OP(=O)(O)P)cc1. The van der Waals surface area contributed by atoms with Crippen LogP contribution >= 0.6 is 27.8 Å². The Morgan fingerprint density at radius 2 is 1.94 bits per heavy atom. The molecule has 0 bridgehead atoms. The highest BCUT2D eigenvalue weighted by atomic mass is 35.5. The van der Waals surface area contributed by atoms with E-state index in [9.17, 15) is 29.6 Å². The van der Waals surface area contributed by atoms with Gasteiger partial charge in [0.2, 0.25) is 5.95 Å². The van der Waals surface area contributed by atoms with E-state index in [1.807, 2.05) is 4.90 Å². The number of anilines is 4. The van der Waals surface area contributed by atoms with Gasteiger partial charge in [-0.3, -0.25) is 4.79 Å². The number of ether oxygens (including phenoxy) is 2. The van der Waals surface area contributed by atoms with Gasteiger partial charge in [-0.2, -0.15) is 20.0 Å². The Morgan fingerprint density at radius 3 is 2.61 bits per heavy atom. The summed E-state index contributed by atoms with van der Waals surface area (Å²) >= 11 is 6.97. The minimum absolute atomic E-state index is 0.0969. The molecule has 6 rings (SSSR count). The second kappa shape index (κ2) is 15.0. The molecule has 20 heteroatoms. The molecule has 264 valence electrons. The van der Waals surface area contributed by atoms with Crippen molar-refractivity contribution in [1.82, 2.24) is 24.9 Å². The summed E-state index contributed by atoms with van der Waals surface area (Å²) in [6.07, 6.45) is 2.01. The molecule has 2 aliphatic rings. The van der Waals surface area contributed by atoms with Crippen LogP contribution in [0.2, 0.25) is 5.02 Å². The maximum Gasteiger partial charge on any atom is 0.407 e. The normalized spacial score (nSPS) is 18.1. The smallest absolute Gasteiger partial charge is 0.407 e. The number of imidazole rings is 1. The van der Waals surface area contributed by atoms with Crippen molar-refractivity contribution in [3.05, 3.63) is 64.4 Å². The monoisotopic (exact) mass is 752 g/mol. The third-order valence-corrected chi connectivity index (χ3v) is 9.19. The number of esters is 1. The Hall–Kier alpha value is -5.18. The summed E-state index contributed by atoms with van der Waals surface area (Å²) in [5, 5.41) is 33.3. The molecule has 1 aliphatic carbocycles. The molecular weight excluding hydrogens is 722 g/mol. The number of carbonyl (C=O) groups excluding carboxylic acids is 2. The highest BCUT2D eigenvalue weighted by molar-refractivity contribution is 8.11. The average Bonchev–Trinajstić information content (AvgIpc) is 3.82. The zero-order chi connectivity index (χ0) is 36.3. The summed E-state index contributed by atoms with van der Waals surface area (Å²) in [6.45, 7) is 0.459. The second-order valence-electron chi connectivity index (χ2n) is 11.8. The Kier molecular flexibility index (Phi) is 10.5. The zero-order valence-electron chi connectivity index (χ0n) is 26.9. The van der Waals surface area contributed by atoms with Crippen LogP contribution in [0.3, 0.4) is 0 Å². The number of fused-ring (bicyclic) bond motifs is 1. The number of halogens is 1. The van der Waals surface area contributed by atoms with Gasteiger partial charge in [-0.25, -0.2) is 14.3 Å². The summed E-state index contributed by atoms with van der Waals surface area (Å²) in [6, 6.07) is 13.0. The minimum atomic E-state index is -3.83. The van der Waals surface area contributed by atoms with E-state index in [-0.39, 0.29) is 47.0 Å². The van der Waals surface area contributed by atoms with E-state index < -0.39 is 31.5 Å². The summed E-state index contributed by atoms with van der Waals surface area (Å²) in [5.74, 6) is 0.105. The Bertz CT molecular complexity index is 2110. The van der Waals surface area contributed by atoms with Crippen molar-refractivity contribution in [3.63, 3.8) is 0 Å². The summed E-state index contributed by atoms with van der Waals surface area (Å²) in [4.78, 5) is 45.5. The molecule has 3 heterocycles. The van der Waals surface area contributed by atoms with Crippen molar-refractivity contribution < 1.29 is 33.0 Å². The molecular formula is C31H31ClN10O7P2. The fourth-order valence-corrected chi connectivity index (χ4v) is 6.54. The third kappa shape index (κ3) is 8.77. The fraction of sp³-hybridized carbons (Fsp3) is 0.323. The molecule has 4 N–H and O–H groups in total. The number of rotatable bonds is 11. The molecule has 1 saturated heterocycles. The van der Waals surface area contributed by atoms with Crippen molar-refractivity contribution in [2.45, 2.75) is 43.9 Å². The van der Waals surface area contributed by atoms with Crippen LogP contribution in [0, 0.1) is 22.7 Å².